The van der Waals surface area contributed by atoms with Gasteiger partial charge in [-0.3, -0.25) is 0 Å². The minimum absolute atomic E-state index is 1.10. The summed E-state index contributed by atoms with van der Waals surface area (Å²) in [7, 11) is 0. The Balaban J connectivity index is 3.04. The lowest BCUT2D eigenvalue weighted by molar-refractivity contribution is 1.48. The van der Waals surface area contributed by atoms with Gasteiger partial charge in [0.2, 0.25) is 0 Å². The smallest absolute Gasteiger partial charge is 0.115 e. The van der Waals surface area contributed by atoms with Gasteiger partial charge in [0.15, 0.2) is 0 Å². The van der Waals surface area contributed by atoms with E-state index in [0.29, 0.717) is 0 Å². The molecule has 0 atom stereocenters. The van der Waals surface area contributed by atoms with Gasteiger partial charge in [-0.1, -0.05) is 0 Å². The third-order valence-corrected chi connectivity index (χ3v) is 2.17. The fourth-order valence-corrected chi connectivity index (χ4v) is 1.76. The van der Waals surface area contributed by atoms with Crippen LogP contribution in [0.15, 0.2) is 6.07 Å². The molecule has 1 aromatic heterocycles. The molecule has 3 heteroatoms. The first kappa shape index (κ1) is 5.50. The van der Waals surface area contributed by atoms with Gasteiger partial charge in [-0.25, -0.2) is 0 Å². The molecular weight excluding hydrogens is 221 g/mol. The van der Waals surface area contributed by atoms with Crippen LogP contribution in [0, 0.1) is 10.6 Å². The van der Waals surface area contributed by atoms with E-state index in [1.807, 2.05) is 0 Å². The molecule has 0 aliphatic rings. The summed E-state index contributed by atoms with van der Waals surface area (Å²) in [6.07, 6.45) is 0. The Morgan fingerprint density at radius 2 is 2.57 bits per heavy atom. The number of halogens is 1. The first-order valence-corrected chi connectivity index (χ1v) is 3.73. The Morgan fingerprint density at radius 3 is 2.71 bits per heavy atom. The maximum Gasteiger partial charge on any atom is 0.115 e. The predicted octanol–water partition coefficient (Wildman–Crippen LogP) is 2.06. The monoisotopic (exact) mass is 225 g/mol. The fourth-order valence-electron chi connectivity index (χ4n) is 0.336. The first-order chi connectivity index (χ1) is 3.29. The van der Waals surface area contributed by atoms with Crippen LogP contribution in [0.1, 0.15) is 4.88 Å². The van der Waals surface area contributed by atoms with Crippen molar-refractivity contribution in [1.29, 1.82) is 0 Å². The van der Waals surface area contributed by atoms with Crippen molar-refractivity contribution in [3.05, 3.63) is 14.6 Å². The van der Waals surface area contributed by atoms with Crippen LogP contribution in [0.3, 0.4) is 0 Å². The van der Waals surface area contributed by atoms with E-state index in [2.05, 4.69) is 40.0 Å². The van der Waals surface area contributed by atoms with E-state index in [4.69, 9.17) is 0 Å². The summed E-state index contributed by atoms with van der Waals surface area (Å²) in [5.41, 5.74) is 0. The van der Waals surface area contributed by atoms with Crippen LogP contribution in [-0.2, 0) is 0 Å². The summed E-state index contributed by atoms with van der Waals surface area (Å²) in [6, 6.07) is 2.06. The molecule has 1 aromatic rings. The summed E-state index contributed by atoms with van der Waals surface area (Å²) >= 11 is 3.75. The Morgan fingerprint density at radius 1 is 1.86 bits per heavy atom. The lowest BCUT2D eigenvalue weighted by atomic mass is 10.6. The van der Waals surface area contributed by atoms with E-state index in [1.165, 1.54) is 4.88 Å². The number of nitrogens with zero attached hydrogens (tertiary/aromatic N) is 1. The minimum Gasteiger partial charge on any atom is -0.186 e. The normalized spacial score (nSPS) is 9.43. The molecule has 1 rings (SSSR count). The van der Waals surface area contributed by atoms with Crippen LogP contribution in [0.2, 0.25) is 0 Å². The van der Waals surface area contributed by atoms with Gasteiger partial charge in [0.25, 0.3) is 0 Å². The third kappa shape index (κ3) is 1.38. The molecule has 0 amide bonds. The van der Waals surface area contributed by atoms with Crippen LogP contribution in [-0.4, -0.2) is 4.37 Å². The molecule has 0 aliphatic carbocycles. The average Bonchev–Trinajstić information content (AvgIpc) is 1.87. The first-order valence-electron chi connectivity index (χ1n) is 1.88. The second kappa shape index (κ2) is 2.09. The highest BCUT2D eigenvalue weighted by molar-refractivity contribution is 14.1. The van der Waals surface area contributed by atoms with Gasteiger partial charge in [-0.2, -0.15) is 4.37 Å². The average molecular weight is 225 g/mol. The van der Waals surface area contributed by atoms with Gasteiger partial charge in [-0.15, -0.1) is 0 Å². The van der Waals surface area contributed by atoms with Gasteiger partial charge in [-0.05, 0) is 47.1 Å². The van der Waals surface area contributed by atoms with Crippen LogP contribution in [0.4, 0.5) is 0 Å². The van der Waals surface area contributed by atoms with Crippen molar-refractivity contribution in [3.8, 4) is 0 Å². The van der Waals surface area contributed by atoms with Crippen molar-refractivity contribution in [3.63, 3.8) is 0 Å². The molecule has 1 heterocycles. The number of rotatable bonds is 0. The minimum atomic E-state index is 1.10. The Labute approximate surface area is 60.1 Å². The van der Waals surface area contributed by atoms with Crippen molar-refractivity contribution in [2.24, 2.45) is 0 Å². The molecule has 0 aromatic carbocycles. The summed E-state index contributed by atoms with van der Waals surface area (Å²) < 4.78 is 5.14. The Kier molecular flexibility index (Phi) is 1.64. The highest BCUT2D eigenvalue weighted by Gasteiger charge is 1.88. The summed E-state index contributed by atoms with van der Waals surface area (Å²) in [6.45, 7) is 2.06. The Bertz CT molecular complexity index is 144. The molecule has 1 nitrogen and oxygen atoms in total. The number of aromatic nitrogens is 1. The van der Waals surface area contributed by atoms with E-state index < -0.39 is 0 Å². The summed E-state index contributed by atoms with van der Waals surface area (Å²) in [4.78, 5) is 1.28. The zero-order chi connectivity index (χ0) is 5.28. The quantitative estimate of drug-likeness (QED) is 0.616. The maximum atomic E-state index is 4.04. The van der Waals surface area contributed by atoms with Gasteiger partial charge >= 0.3 is 0 Å². The van der Waals surface area contributed by atoms with Crippen molar-refractivity contribution < 1.29 is 0 Å². The fraction of sp³-hybridized carbons (Fsp3) is 0.250. The Hall–Kier alpha value is 0.360. The molecule has 0 saturated heterocycles. The summed E-state index contributed by atoms with van der Waals surface area (Å²) in [5.74, 6) is 0. The van der Waals surface area contributed by atoms with E-state index in [-0.39, 0.29) is 0 Å². The van der Waals surface area contributed by atoms with Crippen molar-refractivity contribution in [1.82, 2.24) is 4.37 Å². The van der Waals surface area contributed by atoms with Gasteiger partial charge in [0, 0.05) is 4.88 Å². The zero-order valence-electron chi connectivity index (χ0n) is 3.81. The van der Waals surface area contributed by atoms with Crippen LogP contribution in [0.5, 0.6) is 0 Å². The van der Waals surface area contributed by atoms with Crippen molar-refractivity contribution >= 4 is 34.1 Å². The number of aryl methyl sites for hydroxylation is 1. The van der Waals surface area contributed by atoms with Gasteiger partial charge in [0.05, 0.1) is 0 Å². The lowest BCUT2D eigenvalue weighted by Gasteiger charge is -1.65. The van der Waals surface area contributed by atoms with E-state index in [9.17, 15) is 0 Å². The molecule has 0 bridgehead atoms. The number of hydrogen-bond acceptors (Lipinski definition) is 2. The molecule has 0 spiro atoms. The molecule has 0 radical (unpaired) electrons. The van der Waals surface area contributed by atoms with Crippen LogP contribution >= 0.6 is 34.1 Å². The molecule has 0 fully saturated rings. The van der Waals surface area contributed by atoms with Crippen molar-refractivity contribution in [2.75, 3.05) is 0 Å². The second-order valence-electron chi connectivity index (χ2n) is 1.26. The highest BCUT2D eigenvalue weighted by Crippen LogP contribution is 2.08. The topological polar surface area (TPSA) is 12.9 Å². The zero-order valence-corrected chi connectivity index (χ0v) is 6.78. The van der Waals surface area contributed by atoms with Gasteiger partial charge < -0.3 is 0 Å². The molecule has 0 unspecified atom stereocenters. The third-order valence-electron chi connectivity index (χ3n) is 0.599. The van der Waals surface area contributed by atoms with Crippen LogP contribution in [0.25, 0.3) is 0 Å². The van der Waals surface area contributed by atoms with Crippen LogP contribution < -0.4 is 0 Å². The number of hydrogen-bond donors (Lipinski definition) is 0. The van der Waals surface area contributed by atoms with E-state index >= 15 is 0 Å². The van der Waals surface area contributed by atoms with Gasteiger partial charge in [0.1, 0.15) is 3.70 Å². The molecule has 7 heavy (non-hydrogen) atoms. The predicted molar refractivity (Wildman–Crippen MR) is 39.6 cm³/mol. The molecular formula is C4H4INS. The van der Waals surface area contributed by atoms with Crippen molar-refractivity contribution in [2.45, 2.75) is 6.92 Å². The highest BCUT2D eigenvalue weighted by atomic mass is 127. The lowest BCUT2D eigenvalue weighted by Crippen LogP contribution is -1.56. The summed E-state index contributed by atoms with van der Waals surface area (Å²) in [5, 5.41) is 0. The maximum absolute atomic E-state index is 4.04. The molecule has 0 N–H and O–H groups in total. The molecule has 0 aliphatic heterocycles. The largest absolute Gasteiger partial charge is 0.186 e. The standard InChI is InChI=1S/C4H4INS/c1-3-2-4(5)6-7-3/h2H,1H3. The molecule has 0 saturated carbocycles. The SMILES string of the molecule is Cc1cc(I)ns1. The second-order valence-corrected chi connectivity index (χ2v) is 3.37. The van der Waals surface area contributed by atoms with E-state index in [0.717, 1.165) is 3.70 Å². The van der Waals surface area contributed by atoms with E-state index in [1.54, 1.807) is 11.5 Å². The molecule has 38 valence electrons.